The van der Waals surface area contributed by atoms with Crippen LogP contribution in [0.5, 0.6) is 0 Å². The molecule has 1 N–H and O–H groups in total. The molecule has 1 saturated heterocycles. The first kappa shape index (κ1) is 11.0. The Morgan fingerprint density at radius 3 is 2.60 bits per heavy atom. The molecule has 1 aliphatic heterocycles. The summed E-state index contributed by atoms with van der Waals surface area (Å²) in [5, 5.41) is 3.00. The van der Waals surface area contributed by atoms with Crippen LogP contribution in [0.15, 0.2) is 0 Å². The molecule has 0 aromatic rings. The second-order valence-corrected chi connectivity index (χ2v) is 5.37. The van der Waals surface area contributed by atoms with Crippen LogP contribution in [-0.4, -0.2) is 12.5 Å². The van der Waals surface area contributed by atoms with Gasteiger partial charge in [-0.25, -0.2) is 0 Å². The van der Waals surface area contributed by atoms with Crippen LogP contribution in [0.3, 0.4) is 0 Å². The van der Waals surface area contributed by atoms with Gasteiger partial charge >= 0.3 is 0 Å². The predicted molar refractivity (Wildman–Crippen MR) is 61.5 cm³/mol. The van der Waals surface area contributed by atoms with Gasteiger partial charge in [-0.1, -0.05) is 26.2 Å². The van der Waals surface area contributed by atoms with Crippen molar-refractivity contribution in [2.75, 3.05) is 6.54 Å². The topological polar surface area (TPSA) is 29.1 Å². The number of carbonyl (C=O) groups excluding carboxylic acids is 1. The summed E-state index contributed by atoms with van der Waals surface area (Å²) in [5.74, 6) is 1.25. The van der Waals surface area contributed by atoms with Gasteiger partial charge in [-0.3, -0.25) is 4.79 Å². The summed E-state index contributed by atoms with van der Waals surface area (Å²) in [6, 6.07) is 0. The van der Waals surface area contributed by atoms with E-state index in [1.165, 1.54) is 32.1 Å². The van der Waals surface area contributed by atoms with E-state index in [0.29, 0.717) is 5.91 Å². The monoisotopic (exact) mass is 209 g/mol. The van der Waals surface area contributed by atoms with Crippen LogP contribution in [0, 0.1) is 11.3 Å². The van der Waals surface area contributed by atoms with Crippen molar-refractivity contribution in [3.05, 3.63) is 0 Å². The van der Waals surface area contributed by atoms with E-state index in [1.807, 2.05) is 0 Å². The van der Waals surface area contributed by atoms with Gasteiger partial charge in [0.25, 0.3) is 0 Å². The van der Waals surface area contributed by atoms with E-state index in [1.54, 1.807) is 0 Å². The Morgan fingerprint density at radius 2 is 2.07 bits per heavy atom. The number of hydrogen-bond donors (Lipinski definition) is 1. The average Bonchev–Trinajstić information content (AvgIpc) is 2.60. The predicted octanol–water partition coefficient (Wildman–Crippen LogP) is 2.87. The molecule has 1 spiro atoms. The fraction of sp³-hybridized carbons (Fsp3) is 0.923. The molecule has 2 nitrogen and oxygen atoms in total. The molecule has 2 rings (SSSR count). The number of amides is 1. The first-order valence-electron chi connectivity index (χ1n) is 6.55. The molecule has 1 heterocycles. The molecule has 1 amide bonds. The molecule has 2 aliphatic rings. The highest BCUT2D eigenvalue weighted by Gasteiger charge is 2.44. The van der Waals surface area contributed by atoms with E-state index in [-0.39, 0.29) is 5.41 Å². The van der Waals surface area contributed by atoms with Gasteiger partial charge in [0.15, 0.2) is 0 Å². The summed E-state index contributed by atoms with van der Waals surface area (Å²) in [6.07, 6.45) is 10.0. The standard InChI is InChI=1S/C13H23NO/c1-2-3-4-11-5-7-13(8-6-11)9-10-14-12(13)15/h11H,2-10H2,1H3,(H,14,15). The van der Waals surface area contributed by atoms with Crippen LogP contribution in [0.4, 0.5) is 0 Å². The Labute approximate surface area is 92.8 Å². The Kier molecular flexibility index (Phi) is 3.32. The van der Waals surface area contributed by atoms with E-state index in [9.17, 15) is 4.79 Å². The maximum atomic E-state index is 11.8. The number of rotatable bonds is 3. The van der Waals surface area contributed by atoms with Gasteiger partial charge in [0, 0.05) is 6.54 Å². The van der Waals surface area contributed by atoms with Crippen molar-refractivity contribution in [3.8, 4) is 0 Å². The van der Waals surface area contributed by atoms with Crippen LogP contribution in [0.1, 0.15) is 58.3 Å². The molecular weight excluding hydrogens is 186 g/mol. The second kappa shape index (κ2) is 4.54. The SMILES string of the molecule is CCCCC1CCC2(CCNC2=O)CC1. The molecule has 1 saturated carbocycles. The summed E-state index contributed by atoms with van der Waals surface area (Å²) >= 11 is 0. The minimum Gasteiger partial charge on any atom is -0.356 e. The van der Waals surface area contributed by atoms with Gasteiger partial charge in [0.1, 0.15) is 0 Å². The quantitative estimate of drug-likeness (QED) is 0.761. The van der Waals surface area contributed by atoms with Crippen LogP contribution >= 0.6 is 0 Å². The van der Waals surface area contributed by atoms with Crippen molar-refractivity contribution in [2.24, 2.45) is 11.3 Å². The average molecular weight is 209 g/mol. The third-order valence-electron chi connectivity index (χ3n) is 4.40. The Bertz CT molecular complexity index is 229. The maximum absolute atomic E-state index is 11.8. The molecule has 0 atom stereocenters. The number of nitrogens with one attached hydrogen (secondary N) is 1. The van der Waals surface area contributed by atoms with Gasteiger partial charge < -0.3 is 5.32 Å². The lowest BCUT2D eigenvalue weighted by molar-refractivity contribution is -0.129. The third kappa shape index (κ3) is 2.19. The van der Waals surface area contributed by atoms with Crippen LogP contribution in [0.2, 0.25) is 0 Å². The van der Waals surface area contributed by atoms with Crippen molar-refractivity contribution in [3.63, 3.8) is 0 Å². The van der Waals surface area contributed by atoms with Crippen LogP contribution < -0.4 is 5.32 Å². The first-order chi connectivity index (χ1) is 7.27. The number of carbonyl (C=O) groups is 1. The van der Waals surface area contributed by atoms with E-state index in [0.717, 1.165) is 31.7 Å². The molecule has 0 aromatic carbocycles. The van der Waals surface area contributed by atoms with Crippen LogP contribution in [-0.2, 0) is 4.79 Å². The van der Waals surface area contributed by atoms with Crippen molar-refractivity contribution < 1.29 is 4.79 Å². The summed E-state index contributed by atoms with van der Waals surface area (Å²) in [5.41, 5.74) is 0.0582. The minimum absolute atomic E-state index is 0.0582. The van der Waals surface area contributed by atoms with Crippen molar-refractivity contribution in [1.82, 2.24) is 5.32 Å². The van der Waals surface area contributed by atoms with Gasteiger partial charge in [0.05, 0.1) is 5.41 Å². The highest BCUT2D eigenvalue weighted by Crippen LogP contribution is 2.44. The third-order valence-corrected chi connectivity index (χ3v) is 4.40. The van der Waals surface area contributed by atoms with Gasteiger partial charge in [-0.05, 0) is 38.0 Å². The molecule has 15 heavy (non-hydrogen) atoms. The highest BCUT2D eigenvalue weighted by molar-refractivity contribution is 5.84. The second-order valence-electron chi connectivity index (χ2n) is 5.37. The Morgan fingerprint density at radius 1 is 1.33 bits per heavy atom. The van der Waals surface area contributed by atoms with Gasteiger partial charge in [-0.2, -0.15) is 0 Å². The molecule has 0 aromatic heterocycles. The van der Waals surface area contributed by atoms with E-state index >= 15 is 0 Å². The lowest BCUT2D eigenvalue weighted by atomic mass is 9.68. The molecule has 0 unspecified atom stereocenters. The first-order valence-corrected chi connectivity index (χ1v) is 6.55. The zero-order chi connectivity index (χ0) is 10.7. The fourth-order valence-corrected chi connectivity index (χ4v) is 3.21. The fourth-order valence-electron chi connectivity index (χ4n) is 3.21. The molecule has 2 heteroatoms. The molecule has 1 aliphatic carbocycles. The summed E-state index contributed by atoms with van der Waals surface area (Å²) < 4.78 is 0. The largest absolute Gasteiger partial charge is 0.356 e. The zero-order valence-corrected chi connectivity index (χ0v) is 9.85. The number of hydrogen-bond acceptors (Lipinski definition) is 1. The van der Waals surface area contributed by atoms with Gasteiger partial charge in [-0.15, -0.1) is 0 Å². The normalized spacial score (nSPS) is 35.8. The summed E-state index contributed by atoms with van der Waals surface area (Å²) in [7, 11) is 0. The lowest BCUT2D eigenvalue weighted by Gasteiger charge is -2.34. The van der Waals surface area contributed by atoms with Crippen LogP contribution in [0.25, 0.3) is 0 Å². The summed E-state index contributed by atoms with van der Waals surface area (Å²) in [4.78, 5) is 11.8. The van der Waals surface area contributed by atoms with Crippen molar-refractivity contribution in [2.45, 2.75) is 58.3 Å². The van der Waals surface area contributed by atoms with Crippen molar-refractivity contribution in [1.29, 1.82) is 0 Å². The van der Waals surface area contributed by atoms with E-state index < -0.39 is 0 Å². The zero-order valence-electron chi connectivity index (χ0n) is 9.85. The molecular formula is C13H23NO. The molecule has 0 radical (unpaired) electrons. The highest BCUT2D eigenvalue weighted by atomic mass is 16.2. The Balaban J connectivity index is 1.83. The van der Waals surface area contributed by atoms with E-state index in [4.69, 9.17) is 0 Å². The molecule has 86 valence electrons. The minimum atomic E-state index is 0.0582. The van der Waals surface area contributed by atoms with Crippen molar-refractivity contribution >= 4 is 5.91 Å². The smallest absolute Gasteiger partial charge is 0.226 e. The molecule has 0 bridgehead atoms. The van der Waals surface area contributed by atoms with Gasteiger partial charge in [0.2, 0.25) is 5.91 Å². The Hall–Kier alpha value is -0.530. The lowest BCUT2D eigenvalue weighted by Crippen LogP contribution is -2.35. The van der Waals surface area contributed by atoms with E-state index in [2.05, 4.69) is 12.2 Å². The summed E-state index contributed by atoms with van der Waals surface area (Å²) in [6.45, 7) is 3.17. The molecule has 2 fully saturated rings. The number of unbranched alkanes of at least 4 members (excludes halogenated alkanes) is 1. The maximum Gasteiger partial charge on any atom is 0.226 e.